The van der Waals surface area contributed by atoms with Crippen LogP contribution in [0.25, 0.3) is 0 Å². The summed E-state index contributed by atoms with van der Waals surface area (Å²) in [6, 6.07) is 3.79. The van der Waals surface area contributed by atoms with Gasteiger partial charge >= 0.3 is 5.97 Å². The Morgan fingerprint density at radius 3 is 2.54 bits per heavy atom. The van der Waals surface area contributed by atoms with Crippen molar-refractivity contribution in [3.05, 3.63) is 39.9 Å². The zero-order valence-electron chi connectivity index (χ0n) is 15.6. The van der Waals surface area contributed by atoms with E-state index >= 15 is 0 Å². The van der Waals surface area contributed by atoms with Gasteiger partial charge in [-0.15, -0.1) is 11.3 Å². The maximum absolute atomic E-state index is 12.6. The number of sulfonamides is 1. The molecule has 0 saturated heterocycles. The number of nitrogens with zero attached hydrogens (tertiary/aromatic N) is 2. The van der Waals surface area contributed by atoms with E-state index in [1.807, 2.05) is 0 Å². The molecule has 1 heterocycles. The smallest absolute Gasteiger partial charge is 0.340 e. The van der Waals surface area contributed by atoms with Gasteiger partial charge in [0.25, 0.3) is 5.91 Å². The first-order valence-corrected chi connectivity index (χ1v) is 11.1. The van der Waals surface area contributed by atoms with Crippen LogP contribution in [0, 0.1) is 6.92 Å². The van der Waals surface area contributed by atoms with Crippen molar-refractivity contribution in [2.24, 2.45) is 0 Å². The van der Waals surface area contributed by atoms with E-state index in [4.69, 9.17) is 16.3 Å². The normalized spacial score (nSPS) is 11.5. The summed E-state index contributed by atoms with van der Waals surface area (Å²) < 4.78 is 31.4. The first kappa shape index (κ1) is 22.3. The Labute approximate surface area is 172 Å². The quantitative estimate of drug-likeness (QED) is 0.626. The average Bonchev–Trinajstić information content (AvgIpc) is 3.05. The number of nitrogens with one attached hydrogen (secondary N) is 1. The molecule has 152 valence electrons. The average molecular weight is 446 g/mol. The van der Waals surface area contributed by atoms with E-state index in [-0.39, 0.29) is 28.6 Å². The number of thiazole rings is 1. The second-order valence-electron chi connectivity index (χ2n) is 5.65. The number of esters is 1. The zero-order valence-corrected chi connectivity index (χ0v) is 17.9. The minimum absolute atomic E-state index is 0.0273. The molecule has 0 bridgehead atoms. The lowest BCUT2D eigenvalue weighted by molar-refractivity contribution is -0.119. The summed E-state index contributed by atoms with van der Waals surface area (Å²) in [7, 11) is -3.76. The Hall–Kier alpha value is -2.01. The lowest BCUT2D eigenvalue weighted by atomic mass is 10.2. The van der Waals surface area contributed by atoms with Gasteiger partial charge in [-0.3, -0.25) is 10.1 Å². The van der Waals surface area contributed by atoms with Crippen LogP contribution in [0.4, 0.5) is 5.13 Å². The third-order valence-corrected chi connectivity index (χ3v) is 6.95. The standard InChI is InChI=1S/C17H20ClN3O5S2/c1-4-21(5-2)28(24,25)12-6-7-14(18)13(8-12)16(23)26-9-15(22)20-17-19-11(3)10-27-17/h6-8,10H,4-5,9H2,1-3H3,(H,19,20,22). The Morgan fingerprint density at radius 1 is 1.29 bits per heavy atom. The van der Waals surface area contributed by atoms with Gasteiger partial charge in [-0.25, -0.2) is 18.2 Å². The van der Waals surface area contributed by atoms with E-state index in [2.05, 4.69) is 10.3 Å². The lowest BCUT2D eigenvalue weighted by Gasteiger charge is -2.19. The SMILES string of the molecule is CCN(CC)S(=O)(=O)c1ccc(Cl)c(C(=O)OCC(=O)Nc2nc(C)cs2)c1. The molecule has 0 aliphatic heterocycles. The fourth-order valence-electron chi connectivity index (χ4n) is 2.31. The van der Waals surface area contributed by atoms with Crippen LogP contribution in [0.5, 0.6) is 0 Å². The van der Waals surface area contributed by atoms with Crippen LogP contribution in [0.15, 0.2) is 28.5 Å². The molecule has 1 N–H and O–H groups in total. The highest BCUT2D eigenvalue weighted by molar-refractivity contribution is 7.89. The summed E-state index contributed by atoms with van der Waals surface area (Å²) >= 11 is 7.26. The molecule has 28 heavy (non-hydrogen) atoms. The third-order valence-electron chi connectivity index (χ3n) is 3.70. The number of carbonyl (C=O) groups excluding carboxylic acids is 2. The van der Waals surface area contributed by atoms with Crippen LogP contribution in [0.3, 0.4) is 0 Å². The van der Waals surface area contributed by atoms with Crippen molar-refractivity contribution in [3.63, 3.8) is 0 Å². The maximum Gasteiger partial charge on any atom is 0.340 e. The van der Waals surface area contributed by atoms with Crippen LogP contribution >= 0.6 is 22.9 Å². The first-order valence-electron chi connectivity index (χ1n) is 8.37. The zero-order chi connectivity index (χ0) is 20.9. The molecule has 11 heteroatoms. The van der Waals surface area contributed by atoms with E-state index in [1.165, 1.54) is 27.8 Å². The summed E-state index contributed by atoms with van der Waals surface area (Å²) in [4.78, 5) is 28.2. The molecular weight excluding hydrogens is 426 g/mol. The predicted octanol–water partition coefficient (Wildman–Crippen LogP) is 2.93. The fourth-order valence-corrected chi connectivity index (χ4v) is 4.69. The molecular formula is C17H20ClN3O5S2. The van der Waals surface area contributed by atoms with Crippen molar-refractivity contribution in [3.8, 4) is 0 Å². The molecule has 0 aliphatic carbocycles. The number of anilines is 1. The van der Waals surface area contributed by atoms with E-state index in [1.54, 1.807) is 26.2 Å². The number of carbonyl (C=O) groups is 2. The van der Waals surface area contributed by atoms with Gasteiger partial charge in [0.2, 0.25) is 10.0 Å². The van der Waals surface area contributed by atoms with Crippen LogP contribution in [-0.2, 0) is 19.6 Å². The largest absolute Gasteiger partial charge is 0.452 e. The Balaban J connectivity index is 2.11. The van der Waals surface area contributed by atoms with Gasteiger partial charge in [0, 0.05) is 18.5 Å². The highest BCUT2D eigenvalue weighted by Gasteiger charge is 2.24. The highest BCUT2D eigenvalue weighted by Crippen LogP contribution is 2.24. The van der Waals surface area contributed by atoms with Gasteiger partial charge in [-0.1, -0.05) is 25.4 Å². The number of ether oxygens (including phenoxy) is 1. The van der Waals surface area contributed by atoms with Crippen molar-refractivity contribution in [1.82, 2.24) is 9.29 Å². The topological polar surface area (TPSA) is 106 Å². The molecule has 2 rings (SSSR count). The van der Waals surface area contributed by atoms with Gasteiger partial charge in [0.1, 0.15) is 0 Å². The van der Waals surface area contributed by atoms with E-state index in [0.717, 1.165) is 11.8 Å². The van der Waals surface area contributed by atoms with Crippen molar-refractivity contribution < 1.29 is 22.7 Å². The van der Waals surface area contributed by atoms with Crippen molar-refractivity contribution in [2.75, 3.05) is 25.0 Å². The van der Waals surface area contributed by atoms with E-state index in [9.17, 15) is 18.0 Å². The van der Waals surface area contributed by atoms with Gasteiger partial charge in [-0.2, -0.15) is 4.31 Å². The van der Waals surface area contributed by atoms with Crippen molar-refractivity contribution >= 4 is 50.0 Å². The summed E-state index contributed by atoms with van der Waals surface area (Å²) in [6.45, 7) is 5.24. The molecule has 0 unspecified atom stereocenters. The van der Waals surface area contributed by atoms with Crippen LogP contribution in [-0.4, -0.2) is 49.3 Å². The molecule has 8 nitrogen and oxygen atoms in total. The minimum atomic E-state index is -3.76. The third kappa shape index (κ3) is 5.28. The van der Waals surface area contributed by atoms with Gasteiger partial charge < -0.3 is 4.74 Å². The monoisotopic (exact) mass is 445 g/mol. The van der Waals surface area contributed by atoms with Crippen LogP contribution in [0.2, 0.25) is 5.02 Å². The molecule has 0 saturated carbocycles. The number of hydrogen-bond acceptors (Lipinski definition) is 7. The molecule has 0 atom stereocenters. The number of aryl methyl sites for hydroxylation is 1. The van der Waals surface area contributed by atoms with Crippen LogP contribution in [0.1, 0.15) is 29.9 Å². The van der Waals surface area contributed by atoms with Crippen LogP contribution < -0.4 is 5.32 Å². The number of benzene rings is 1. The summed E-state index contributed by atoms with van der Waals surface area (Å²) in [6.07, 6.45) is 0. The highest BCUT2D eigenvalue weighted by atomic mass is 35.5. The molecule has 0 radical (unpaired) electrons. The number of aromatic nitrogens is 1. The van der Waals surface area contributed by atoms with Gasteiger partial charge in [0.15, 0.2) is 11.7 Å². The molecule has 1 aromatic carbocycles. The molecule has 2 aromatic rings. The summed E-state index contributed by atoms with van der Waals surface area (Å²) in [5.74, 6) is -1.46. The van der Waals surface area contributed by atoms with E-state index in [0.29, 0.717) is 5.13 Å². The van der Waals surface area contributed by atoms with Gasteiger partial charge in [-0.05, 0) is 25.1 Å². The Kier molecular flexibility index (Phi) is 7.53. The van der Waals surface area contributed by atoms with E-state index < -0.39 is 28.5 Å². The number of amides is 1. The molecule has 0 spiro atoms. The molecule has 0 fully saturated rings. The predicted molar refractivity (Wildman–Crippen MR) is 107 cm³/mol. The second kappa shape index (κ2) is 9.46. The molecule has 1 amide bonds. The number of rotatable bonds is 8. The molecule has 0 aliphatic rings. The second-order valence-corrected chi connectivity index (χ2v) is 8.85. The maximum atomic E-state index is 12.6. The van der Waals surface area contributed by atoms with Crippen molar-refractivity contribution in [1.29, 1.82) is 0 Å². The Bertz CT molecular complexity index is 971. The van der Waals surface area contributed by atoms with Crippen molar-refractivity contribution in [2.45, 2.75) is 25.7 Å². The molecule has 1 aromatic heterocycles. The minimum Gasteiger partial charge on any atom is -0.452 e. The lowest BCUT2D eigenvalue weighted by Crippen LogP contribution is -2.30. The first-order chi connectivity index (χ1) is 13.2. The fraction of sp³-hybridized carbons (Fsp3) is 0.353. The summed E-state index contributed by atoms with van der Waals surface area (Å²) in [5.41, 5.74) is 0.628. The number of hydrogen-bond donors (Lipinski definition) is 1. The Morgan fingerprint density at radius 2 is 1.96 bits per heavy atom. The number of halogens is 1. The summed E-state index contributed by atoms with van der Waals surface area (Å²) in [5, 5.41) is 4.69. The van der Waals surface area contributed by atoms with Gasteiger partial charge in [0.05, 0.1) is 21.2 Å².